The summed E-state index contributed by atoms with van der Waals surface area (Å²) < 4.78 is 7.20. The molecule has 1 aromatic heterocycles. The first kappa shape index (κ1) is 16.6. The monoisotopic (exact) mass is 350 g/mol. The first-order chi connectivity index (χ1) is 12.8. The number of carbonyl (C=O) groups is 1. The molecular formula is C20H22N4O2. The van der Waals surface area contributed by atoms with Gasteiger partial charge >= 0.3 is 0 Å². The number of rotatable bonds is 5. The molecule has 3 aromatic rings. The van der Waals surface area contributed by atoms with Crippen LogP contribution < -0.4 is 4.74 Å². The highest BCUT2D eigenvalue weighted by molar-refractivity contribution is 5.80. The first-order valence-corrected chi connectivity index (χ1v) is 9.06. The summed E-state index contributed by atoms with van der Waals surface area (Å²) in [7, 11) is 0. The molecule has 0 radical (unpaired) electrons. The lowest BCUT2D eigenvalue weighted by Gasteiger charge is -2.25. The third kappa shape index (κ3) is 3.14. The zero-order valence-electron chi connectivity index (χ0n) is 14.8. The minimum atomic E-state index is 0.0806. The normalized spacial score (nSPS) is 17.0. The molecule has 1 fully saturated rings. The summed E-state index contributed by atoms with van der Waals surface area (Å²) in [6.07, 6.45) is 2.00. The second kappa shape index (κ2) is 7.15. The fraction of sp³-hybridized carbons (Fsp3) is 0.350. The van der Waals surface area contributed by atoms with E-state index in [2.05, 4.69) is 22.4 Å². The van der Waals surface area contributed by atoms with Gasteiger partial charge in [-0.15, -0.1) is 5.10 Å². The van der Waals surface area contributed by atoms with Crippen LogP contribution in [0.15, 0.2) is 48.5 Å². The molecule has 6 heteroatoms. The van der Waals surface area contributed by atoms with E-state index in [0.29, 0.717) is 6.61 Å². The number of benzene rings is 2. The van der Waals surface area contributed by atoms with Crippen molar-refractivity contribution < 1.29 is 9.53 Å². The maximum atomic E-state index is 12.9. The predicted octanol–water partition coefficient (Wildman–Crippen LogP) is 3.19. The summed E-state index contributed by atoms with van der Waals surface area (Å²) in [5.41, 5.74) is 2.85. The molecule has 2 aromatic carbocycles. The van der Waals surface area contributed by atoms with Crippen LogP contribution in [0.2, 0.25) is 0 Å². The molecule has 0 bridgehead atoms. The summed E-state index contributed by atoms with van der Waals surface area (Å²) in [5, 5.41) is 8.27. The number of aromatic nitrogens is 3. The Balaban J connectivity index is 1.51. The van der Waals surface area contributed by atoms with Crippen molar-refractivity contribution in [3.05, 3.63) is 54.1 Å². The number of hydrogen-bond donors (Lipinski definition) is 0. The van der Waals surface area contributed by atoms with Crippen molar-refractivity contribution in [2.24, 2.45) is 0 Å². The van der Waals surface area contributed by atoms with Gasteiger partial charge in [-0.2, -0.15) is 0 Å². The smallest absolute Gasteiger partial charge is 0.244 e. The molecule has 0 N–H and O–H groups in total. The maximum Gasteiger partial charge on any atom is 0.244 e. The molecule has 0 unspecified atom stereocenters. The average Bonchev–Trinajstić information content (AvgIpc) is 3.30. The summed E-state index contributed by atoms with van der Waals surface area (Å²) >= 11 is 0. The van der Waals surface area contributed by atoms with Gasteiger partial charge in [-0.25, -0.2) is 4.68 Å². The van der Waals surface area contributed by atoms with Crippen LogP contribution in [0.5, 0.6) is 5.75 Å². The molecule has 134 valence electrons. The Morgan fingerprint density at radius 1 is 1.19 bits per heavy atom. The number of ether oxygens (including phenoxy) is 1. The Kier molecular flexibility index (Phi) is 4.56. The number of nitrogens with zero attached hydrogens (tertiary/aromatic N) is 4. The molecule has 1 atom stereocenters. The highest BCUT2D eigenvalue weighted by Gasteiger charge is 2.30. The number of hydrogen-bond acceptors (Lipinski definition) is 4. The van der Waals surface area contributed by atoms with Crippen LogP contribution >= 0.6 is 0 Å². The molecule has 0 spiro atoms. The van der Waals surface area contributed by atoms with Gasteiger partial charge in [0.05, 0.1) is 18.2 Å². The average molecular weight is 350 g/mol. The van der Waals surface area contributed by atoms with E-state index in [1.54, 1.807) is 4.68 Å². The van der Waals surface area contributed by atoms with E-state index in [1.807, 2.05) is 48.2 Å². The number of likely N-dealkylation sites (tertiary alicyclic amines) is 1. The van der Waals surface area contributed by atoms with Crippen LogP contribution in [0.25, 0.3) is 11.0 Å². The second-order valence-corrected chi connectivity index (χ2v) is 6.48. The number of amides is 1. The van der Waals surface area contributed by atoms with Gasteiger partial charge in [-0.3, -0.25) is 4.79 Å². The van der Waals surface area contributed by atoms with Crippen molar-refractivity contribution in [1.29, 1.82) is 0 Å². The predicted molar refractivity (Wildman–Crippen MR) is 98.8 cm³/mol. The summed E-state index contributed by atoms with van der Waals surface area (Å²) in [6.45, 7) is 3.62. The molecular weight excluding hydrogens is 328 g/mol. The van der Waals surface area contributed by atoms with Crippen LogP contribution in [0, 0.1) is 0 Å². The van der Waals surface area contributed by atoms with Crippen molar-refractivity contribution in [3.63, 3.8) is 0 Å². The summed E-state index contributed by atoms with van der Waals surface area (Å²) in [5.74, 6) is 0.943. The van der Waals surface area contributed by atoms with E-state index in [9.17, 15) is 4.79 Å². The zero-order valence-corrected chi connectivity index (χ0v) is 14.8. The molecule has 1 saturated heterocycles. The summed E-state index contributed by atoms with van der Waals surface area (Å²) in [4.78, 5) is 14.9. The van der Waals surface area contributed by atoms with Crippen molar-refractivity contribution in [2.45, 2.75) is 32.4 Å². The van der Waals surface area contributed by atoms with Crippen molar-refractivity contribution in [1.82, 2.24) is 19.9 Å². The second-order valence-electron chi connectivity index (χ2n) is 6.48. The Morgan fingerprint density at radius 3 is 2.81 bits per heavy atom. The topological polar surface area (TPSA) is 60.2 Å². The first-order valence-electron chi connectivity index (χ1n) is 9.06. The number of carbonyl (C=O) groups excluding carboxylic acids is 1. The Bertz CT molecular complexity index is 904. The highest BCUT2D eigenvalue weighted by atomic mass is 16.5. The molecule has 26 heavy (non-hydrogen) atoms. The van der Waals surface area contributed by atoms with Gasteiger partial charge in [-0.1, -0.05) is 29.5 Å². The SMILES string of the molecule is CCOc1ccc([C@H]2CCCN2C(=O)Cn2nnc3ccccc32)cc1. The van der Waals surface area contributed by atoms with E-state index in [4.69, 9.17) is 4.74 Å². The van der Waals surface area contributed by atoms with Crippen molar-refractivity contribution in [2.75, 3.05) is 13.2 Å². The van der Waals surface area contributed by atoms with E-state index in [1.165, 1.54) is 0 Å². The van der Waals surface area contributed by atoms with E-state index < -0.39 is 0 Å². The fourth-order valence-corrected chi connectivity index (χ4v) is 3.62. The largest absolute Gasteiger partial charge is 0.494 e. The Labute approximate surface area is 152 Å². The van der Waals surface area contributed by atoms with E-state index >= 15 is 0 Å². The lowest BCUT2D eigenvalue weighted by molar-refractivity contribution is -0.132. The van der Waals surface area contributed by atoms with Crippen LogP contribution in [-0.4, -0.2) is 39.0 Å². The zero-order chi connectivity index (χ0) is 17.9. The number of para-hydroxylation sites is 1. The molecule has 4 rings (SSSR count). The third-order valence-corrected chi connectivity index (χ3v) is 4.85. The molecule has 2 heterocycles. The van der Waals surface area contributed by atoms with Gasteiger partial charge in [0.1, 0.15) is 17.8 Å². The molecule has 1 aliphatic rings. The van der Waals surface area contributed by atoms with Gasteiger partial charge in [-0.05, 0) is 49.6 Å². The Hall–Kier alpha value is -2.89. The lowest BCUT2D eigenvalue weighted by atomic mass is 10.0. The van der Waals surface area contributed by atoms with E-state index in [-0.39, 0.29) is 18.5 Å². The fourth-order valence-electron chi connectivity index (χ4n) is 3.62. The van der Waals surface area contributed by atoms with E-state index in [0.717, 1.165) is 41.7 Å². The number of fused-ring (bicyclic) bond motifs is 1. The minimum Gasteiger partial charge on any atom is -0.494 e. The highest BCUT2D eigenvalue weighted by Crippen LogP contribution is 2.33. The molecule has 1 amide bonds. The van der Waals surface area contributed by atoms with Gasteiger partial charge in [0.15, 0.2) is 0 Å². The Morgan fingerprint density at radius 2 is 2.00 bits per heavy atom. The van der Waals surface area contributed by atoms with Gasteiger partial charge in [0.2, 0.25) is 5.91 Å². The third-order valence-electron chi connectivity index (χ3n) is 4.85. The van der Waals surface area contributed by atoms with Gasteiger partial charge < -0.3 is 9.64 Å². The van der Waals surface area contributed by atoms with Crippen LogP contribution in [0.3, 0.4) is 0 Å². The van der Waals surface area contributed by atoms with Crippen molar-refractivity contribution >= 4 is 16.9 Å². The lowest BCUT2D eigenvalue weighted by Crippen LogP contribution is -2.33. The standard InChI is InChI=1S/C20H22N4O2/c1-2-26-16-11-9-15(10-12-16)18-8-5-13-23(18)20(25)14-24-19-7-4-3-6-17(19)21-22-24/h3-4,6-7,9-12,18H,2,5,8,13-14H2,1H3/t18-/m1/s1. The molecule has 0 aliphatic carbocycles. The minimum absolute atomic E-state index is 0.0806. The maximum absolute atomic E-state index is 12.9. The van der Waals surface area contributed by atoms with Crippen LogP contribution in [0.4, 0.5) is 0 Å². The molecule has 6 nitrogen and oxygen atoms in total. The van der Waals surface area contributed by atoms with Gasteiger partial charge in [0.25, 0.3) is 0 Å². The van der Waals surface area contributed by atoms with Crippen LogP contribution in [-0.2, 0) is 11.3 Å². The quantitative estimate of drug-likeness (QED) is 0.709. The summed E-state index contributed by atoms with van der Waals surface area (Å²) in [6, 6.07) is 15.9. The van der Waals surface area contributed by atoms with Gasteiger partial charge in [0, 0.05) is 6.54 Å². The molecule has 1 aliphatic heterocycles. The van der Waals surface area contributed by atoms with Crippen LogP contribution in [0.1, 0.15) is 31.4 Å². The molecule has 0 saturated carbocycles. The van der Waals surface area contributed by atoms with Crippen molar-refractivity contribution in [3.8, 4) is 5.75 Å².